The van der Waals surface area contributed by atoms with Gasteiger partial charge in [-0.1, -0.05) is 81.6 Å². The Morgan fingerprint density at radius 3 is 1.87 bits per heavy atom. The van der Waals surface area contributed by atoms with Gasteiger partial charge in [-0.25, -0.2) is 0 Å². The molecule has 1 heteroatoms. The van der Waals surface area contributed by atoms with E-state index in [2.05, 4.69) is 36.7 Å². The van der Waals surface area contributed by atoms with Gasteiger partial charge in [0.2, 0.25) is 0 Å². The third-order valence-corrected chi connectivity index (χ3v) is 4.15. The van der Waals surface area contributed by atoms with Gasteiger partial charge in [-0.05, 0) is 18.3 Å². The van der Waals surface area contributed by atoms with Gasteiger partial charge in [-0.15, -0.1) is 0 Å². The Kier molecular flexibility index (Phi) is 11.3. The highest BCUT2D eigenvalue weighted by molar-refractivity contribution is 9.09. The monoisotopic (exact) mass is 276 g/mol. The molecule has 0 spiro atoms. The smallest absolute Gasteiger partial charge is 0.00621 e. The maximum Gasteiger partial charge on any atom is 0.00621 e. The molecule has 0 aromatic carbocycles. The van der Waals surface area contributed by atoms with E-state index >= 15 is 0 Å². The van der Waals surface area contributed by atoms with Crippen molar-refractivity contribution in [2.24, 2.45) is 11.8 Å². The minimum absolute atomic E-state index is 0.837. The van der Waals surface area contributed by atoms with Gasteiger partial charge < -0.3 is 0 Å². The topological polar surface area (TPSA) is 0 Å². The molecule has 0 aromatic heterocycles. The number of hydrogen-bond acceptors (Lipinski definition) is 0. The van der Waals surface area contributed by atoms with Gasteiger partial charge in [0, 0.05) is 5.33 Å². The molecule has 0 amide bonds. The molecular weight excluding hydrogens is 248 g/mol. The lowest BCUT2D eigenvalue weighted by Crippen LogP contribution is -2.09. The fourth-order valence-corrected chi connectivity index (χ4v) is 3.02. The molecule has 1 unspecified atom stereocenters. The number of alkyl halides is 1. The third-order valence-electron chi connectivity index (χ3n) is 3.32. The summed E-state index contributed by atoms with van der Waals surface area (Å²) in [6, 6.07) is 0. The van der Waals surface area contributed by atoms with Crippen molar-refractivity contribution in [3.63, 3.8) is 0 Å². The molecule has 0 bridgehead atoms. The maximum atomic E-state index is 3.62. The minimum atomic E-state index is 0.837. The number of rotatable bonds is 10. The Morgan fingerprint density at radius 2 is 1.40 bits per heavy atom. The quantitative estimate of drug-likeness (QED) is 0.350. The first-order valence-electron chi connectivity index (χ1n) is 6.78. The van der Waals surface area contributed by atoms with Crippen LogP contribution >= 0.6 is 15.9 Å². The van der Waals surface area contributed by atoms with E-state index in [0.29, 0.717) is 0 Å². The fourth-order valence-electron chi connectivity index (χ4n) is 1.95. The number of halogens is 1. The van der Waals surface area contributed by atoms with Crippen LogP contribution in [0.2, 0.25) is 0 Å². The van der Waals surface area contributed by atoms with Crippen molar-refractivity contribution in [2.45, 2.75) is 72.1 Å². The Labute approximate surface area is 105 Å². The van der Waals surface area contributed by atoms with Crippen LogP contribution in [0, 0.1) is 11.8 Å². The van der Waals surface area contributed by atoms with Crippen molar-refractivity contribution >= 4 is 15.9 Å². The molecule has 1 atom stereocenters. The number of hydrogen-bond donors (Lipinski definition) is 0. The SMILES string of the molecule is CCCCCCCCCC(CBr)C(C)C. The van der Waals surface area contributed by atoms with E-state index in [9.17, 15) is 0 Å². The van der Waals surface area contributed by atoms with Gasteiger partial charge in [0.05, 0.1) is 0 Å². The lowest BCUT2D eigenvalue weighted by molar-refractivity contribution is 0.383. The molecule has 0 nitrogen and oxygen atoms in total. The second-order valence-electron chi connectivity index (χ2n) is 5.07. The maximum absolute atomic E-state index is 3.62. The first kappa shape index (κ1) is 15.5. The molecule has 15 heavy (non-hydrogen) atoms. The van der Waals surface area contributed by atoms with Gasteiger partial charge in [-0.3, -0.25) is 0 Å². The Hall–Kier alpha value is 0.480. The van der Waals surface area contributed by atoms with E-state index in [-0.39, 0.29) is 0 Å². The Balaban J connectivity index is 3.22. The highest BCUT2D eigenvalue weighted by Gasteiger charge is 2.10. The van der Waals surface area contributed by atoms with E-state index in [0.717, 1.165) is 11.8 Å². The van der Waals surface area contributed by atoms with E-state index in [1.807, 2.05) is 0 Å². The van der Waals surface area contributed by atoms with Crippen LogP contribution in [-0.4, -0.2) is 5.33 Å². The van der Waals surface area contributed by atoms with Crippen molar-refractivity contribution in [1.82, 2.24) is 0 Å². The summed E-state index contributed by atoms with van der Waals surface area (Å²) in [6.07, 6.45) is 11.4. The molecule has 0 aliphatic heterocycles. The van der Waals surface area contributed by atoms with Crippen LogP contribution < -0.4 is 0 Å². The van der Waals surface area contributed by atoms with Crippen LogP contribution in [-0.2, 0) is 0 Å². The van der Waals surface area contributed by atoms with Crippen molar-refractivity contribution in [2.75, 3.05) is 5.33 Å². The molecule has 0 aliphatic carbocycles. The van der Waals surface area contributed by atoms with Gasteiger partial charge in [0.1, 0.15) is 0 Å². The highest BCUT2D eigenvalue weighted by atomic mass is 79.9. The highest BCUT2D eigenvalue weighted by Crippen LogP contribution is 2.21. The van der Waals surface area contributed by atoms with Crippen LogP contribution in [0.15, 0.2) is 0 Å². The summed E-state index contributed by atoms with van der Waals surface area (Å²) < 4.78 is 0. The lowest BCUT2D eigenvalue weighted by Gasteiger charge is -2.17. The predicted molar refractivity (Wildman–Crippen MR) is 74.7 cm³/mol. The molecule has 0 N–H and O–H groups in total. The Morgan fingerprint density at radius 1 is 0.867 bits per heavy atom. The summed E-state index contributed by atoms with van der Waals surface area (Å²) in [5.74, 6) is 1.73. The second kappa shape index (κ2) is 11.0. The summed E-state index contributed by atoms with van der Waals surface area (Å²) in [5, 5.41) is 1.18. The molecule has 0 heterocycles. The van der Waals surface area contributed by atoms with E-state index in [4.69, 9.17) is 0 Å². The zero-order valence-corrected chi connectivity index (χ0v) is 12.5. The van der Waals surface area contributed by atoms with Gasteiger partial charge in [0.25, 0.3) is 0 Å². The van der Waals surface area contributed by atoms with Crippen LogP contribution in [0.3, 0.4) is 0 Å². The summed E-state index contributed by atoms with van der Waals surface area (Å²) >= 11 is 3.62. The average molecular weight is 277 g/mol. The van der Waals surface area contributed by atoms with Crippen molar-refractivity contribution in [1.29, 1.82) is 0 Å². The summed E-state index contributed by atoms with van der Waals surface area (Å²) in [5.41, 5.74) is 0. The van der Waals surface area contributed by atoms with Crippen LogP contribution in [0.25, 0.3) is 0 Å². The molecule has 0 radical (unpaired) electrons. The Bertz CT molecular complexity index is 121. The molecule has 0 aliphatic rings. The fraction of sp³-hybridized carbons (Fsp3) is 1.00. The van der Waals surface area contributed by atoms with Crippen LogP contribution in [0.1, 0.15) is 72.1 Å². The average Bonchev–Trinajstić information content (AvgIpc) is 2.21. The number of unbranched alkanes of at least 4 members (excludes halogenated alkanes) is 6. The van der Waals surface area contributed by atoms with Crippen molar-refractivity contribution in [3.8, 4) is 0 Å². The standard InChI is InChI=1S/C14H29Br/c1-4-5-6-7-8-9-10-11-14(12-15)13(2)3/h13-14H,4-12H2,1-3H3. The summed E-state index contributed by atoms with van der Waals surface area (Å²) in [6.45, 7) is 6.96. The first-order valence-corrected chi connectivity index (χ1v) is 7.90. The van der Waals surface area contributed by atoms with E-state index in [1.165, 1.54) is 56.7 Å². The normalized spacial score (nSPS) is 13.4. The summed E-state index contributed by atoms with van der Waals surface area (Å²) in [7, 11) is 0. The molecule has 0 rings (SSSR count). The van der Waals surface area contributed by atoms with Crippen molar-refractivity contribution < 1.29 is 0 Å². The lowest BCUT2D eigenvalue weighted by atomic mass is 9.92. The van der Waals surface area contributed by atoms with Gasteiger partial charge >= 0.3 is 0 Å². The van der Waals surface area contributed by atoms with E-state index < -0.39 is 0 Å². The van der Waals surface area contributed by atoms with Crippen LogP contribution in [0.4, 0.5) is 0 Å². The van der Waals surface area contributed by atoms with Gasteiger partial charge in [0.15, 0.2) is 0 Å². The van der Waals surface area contributed by atoms with Crippen molar-refractivity contribution in [3.05, 3.63) is 0 Å². The zero-order chi connectivity index (χ0) is 11.5. The van der Waals surface area contributed by atoms with Crippen LogP contribution in [0.5, 0.6) is 0 Å². The third kappa shape index (κ3) is 9.41. The largest absolute Gasteiger partial charge is 0.0925 e. The molecule has 0 saturated carbocycles. The molecule has 0 saturated heterocycles. The molecular formula is C14H29Br. The second-order valence-corrected chi connectivity index (χ2v) is 5.72. The molecule has 92 valence electrons. The molecule has 0 aromatic rings. The van der Waals surface area contributed by atoms with E-state index in [1.54, 1.807) is 0 Å². The predicted octanol–water partition coefficient (Wildman–Crippen LogP) is 5.79. The molecule has 0 fully saturated rings. The van der Waals surface area contributed by atoms with Gasteiger partial charge in [-0.2, -0.15) is 0 Å². The summed E-state index contributed by atoms with van der Waals surface area (Å²) in [4.78, 5) is 0. The zero-order valence-electron chi connectivity index (χ0n) is 10.9. The minimum Gasteiger partial charge on any atom is -0.0925 e. The first-order chi connectivity index (χ1) is 7.22.